The molecule has 27 heavy (non-hydrogen) atoms. The van der Waals surface area contributed by atoms with Crippen LogP contribution in [0, 0.1) is 0 Å². The van der Waals surface area contributed by atoms with Crippen molar-refractivity contribution < 1.29 is 19.0 Å². The van der Waals surface area contributed by atoms with Gasteiger partial charge in [-0.2, -0.15) is 5.10 Å². The molecule has 2 aromatic rings. The van der Waals surface area contributed by atoms with Gasteiger partial charge in [0.15, 0.2) is 11.5 Å². The lowest BCUT2D eigenvalue weighted by Gasteiger charge is -2.10. The van der Waals surface area contributed by atoms with Crippen LogP contribution in [0.1, 0.15) is 22.8 Å². The number of hydrogen-bond donors (Lipinski definition) is 1. The molecule has 0 radical (unpaired) electrons. The number of amides is 1. The largest absolute Gasteiger partial charge is 0.493 e. The highest BCUT2D eigenvalue weighted by molar-refractivity contribution is 9.10. The minimum atomic E-state index is -0.363. The molecule has 0 atom stereocenters. The molecule has 0 saturated carbocycles. The number of benzene rings is 2. The summed E-state index contributed by atoms with van der Waals surface area (Å²) in [6, 6.07) is 10.5. The summed E-state index contributed by atoms with van der Waals surface area (Å²) in [6.45, 7) is 6.34. The fraction of sp³-hybridized carbons (Fsp3) is 0.200. The highest BCUT2D eigenvalue weighted by Crippen LogP contribution is 2.28. The Balaban J connectivity index is 2.12. The van der Waals surface area contributed by atoms with Crippen molar-refractivity contribution in [2.75, 3.05) is 20.3 Å². The van der Waals surface area contributed by atoms with Gasteiger partial charge >= 0.3 is 0 Å². The summed E-state index contributed by atoms with van der Waals surface area (Å²) in [5.41, 5.74) is 3.63. The third-order valence-electron chi connectivity index (χ3n) is 3.42. The number of carbonyl (C=O) groups excluding carboxylic acids is 1. The van der Waals surface area contributed by atoms with Gasteiger partial charge in [-0.05, 0) is 43.3 Å². The van der Waals surface area contributed by atoms with E-state index in [1.165, 1.54) is 6.21 Å². The first-order chi connectivity index (χ1) is 13.1. The molecular formula is C20H21BrN2O4. The summed E-state index contributed by atoms with van der Waals surface area (Å²) < 4.78 is 17.2. The van der Waals surface area contributed by atoms with Gasteiger partial charge in [-0.15, -0.1) is 0 Å². The highest BCUT2D eigenvalue weighted by atomic mass is 79.9. The number of hydrazone groups is 1. The van der Waals surface area contributed by atoms with Crippen molar-refractivity contribution in [3.8, 4) is 17.2 Å². The topological polar surface area (TPSA) is 69.2 Å². The molecule has 0 spiro atoms. The van der Waals surface area contributed by atoms with Crippen LogP contribution in [0.25, 0.3) is 0 Å². The van der Waals surface area contributed by atoms with E-state index in [0.717, 1.165) is 10.0 Å². The normalized spacial score (nSPS) is 10.5. The number of methoxy groups -OCH3 is 1. The minimum absolute atomic E-state index is 0.363. The molecule has 2 aromatic carbocycles. The lowest BCUT2D eigenvalue weighted by molar-refractivity contribution is 0.0954. The van der Waals surface area contributed by atoms with Gasteiger partial charge in [-0.25, -0.2) is 5.43 Å². The first-order valence-electron chi connectivity index (χ1n) is 8.26. The van der Waals surface area contributed by atoms with Crippen LogP contribution in [0.15, 0.2) is 58.6 Å². The van der Waals surface area contributed by atoms with Crippen molar-refractivity contribution in [2.24, 2.45) is 5.10 Å². The van der Waals surface area contributed by atoms with E-state index in [-0.39, 0.29) is 5.91 Å². The zero-order chi connectivity index (χ0) is 19.6. The van der Waals surface area contributed by atoms with Gasteiger partial charge in [0, 0.05) is 15.6 Å². The molecule has 0 aliphatic rings. The second-order valence-corrected chi connectivity index (χ2v) is 6.20. The molecule has 0 saturated heterocycles. The fourth-order valence-corrected chi connectivity index (χ4v) is 2.59. The summed E-state index contributed by atoms with van der Waals surface area (Å²) in [7, 11) is 1.55. The molecule has 0 bridgehead atoms. The molecule has 7 heteroatoms. The maximum absolute atomic E-state index is 12.3. The van der Waals surface area contributed by atoms with E-state index >= 15 is 0 Å². The van der Waals surface area contributed by atoms with Crippen LogP contribution < -0.4 is 19.6 Å². The average Bonchev–Trinajstić information content (AvgIpc) is 2.67. The standard InChI is InChI=1S/C20H21BrN2O4/c1-4-10-27-17-9-7-16(21)11-15(17)13-22-23-20(24)14-6-8-18(25-3)19(12-14)26-5-2/h4,6-9,11-13H,1,5,10H2,2-3H3,(H,23,24)/b22-13-. The summed E-state index contributed by atoms with van der Waals surface area (Å²) in [5.74, 6) is 1.34. The Hall–Kier alpha value is -2.80. The zero-order valence-corrected chi connectivity index (χ0v) is 16.8. The lowest BCUT2D eigenvalue weighted by atomic mass is 10.2. The van der Waals surface area contributed by atoms with Crippen molar-refractivity contribution in [3.05, 3.63) is 64.7 Å². The van der Waals surface area contributed by atoms with Crippen LogP contribution >= 0.6 is 15.9 Å². The Kier molecular flexibility index (Phi) is 7.88. The van der Waals surface area contributed by atoms with Crippen LogP contribution in [0.5, 0.6) is 17.2 Å². The molecular weight excluding hydrogens is 412 g/mol. The summed E-state index contributed by atoms with van der Waals surface area (Å²) in [4.78, 5) is 12.3. The third kappa shape index (κ3) is 5.86. The van der Waals surface area contributed by atoms with Crippen molar-refractivity contribution in [2.45, 2.75) is 6.92 Å². The molecule has 0 aliphatic carbocycles. The van der Waals surface area contributed by atoms with Crippen molar-refractivity contribution in [1.82, 2.24) is 5.43 Å². The van der Waals surface area contributed by atoms with E-state index in [0.29, 0.717) is 36.0 Å². The summed E-state index contributed by atoms with van der Waals surface area (Å²) in [6.07, 6.45) is 3.18. The van der Waals surface area contributed by atoms with E-state index in [1.54, 1.807) is 31.4 Å². The minimum Gasteiger partial charge on any atom is -0.493 e. The average molecular weight is 433 g/mol. The molecule has 6 nitrogen and oxygen atoms in total. The van der Waals surface area contributed by atoms with E-state index in [1.807, 2.05) is 25.1 Å². The second kappa shape index (κ2) is 10.4. The first kappa shape index (κ1) is 20.5. The molecule has 0 heterocycles. The zero-order valence-electron chi connectivity index (χ0n) is 15.2. The molecule has 0 fully saturated rings. The lowest BCUT2D eigenvalue weighted by Crippen LogP contribution is -2.17. The number of nitrogens with one attached hydrogen (secondary N) is 1. The quantitative estimate of drug-likeness (QED) is 0.366. The van der Waals surface area contributed by atoms with Crippen LogP contribution in [-0.4, -0.2) is 32.4 Å². The second-order valence-electron chi connectivity index (χ2n) is 5.28. The Morgan fingerprint density at radius 1 is 1.19 bits per heavy atom. The number of nitrogens with zero attached hydrogens (tertiary/aromatic N) is 1. The monoisotopic (exact) mass is 432 g/mol. The number of ether oxygens (including phenoxy) is 3. The van der Waals surface area contributed by atoms with Crippen molar-refractivity contribution >= 4 is 28.1 Å². The fourth-order valence-electron chi connectivity index (χ4n) is 2.21. The van der Waals surface area contributed by atoms with Crippen LogP contribution in [0.3, 0.4) is 0 Å². The van der Waals surface area contributed by atoms with Gasteiger partial charge in [-0.3, -0.25) is 4.79 Å². The molecule has 0 aliphatic heterocycles. The summed E-state index contributed by atoms with van der Waals surface area (Å²) >= 11 is 3.41. The van der Waals surface area contributed by atoms with Gasteiger partial charge in [0.1, 0.15) is 12.4 Å². The van der Waals surface area contributed by atoms with Crippen LogP contribution in [-0.2, 0) is 0 Å². The van der Waals surface area contributed by atoms with Gasteiger partial charge in [0.2, 0.25) is 0 Å². The smallest absolute Gasteiger partial charge is 0.271 e. The van der Waals surface area contributed by atoms with Gasteiger partial charge in [-0.1, -0.05) is 28.6 Å². The van der Waals surface area contributed by atoms with E-state index in [9.17, 15) is 4.79 Å². The Labute approximate surface area is 167 Å². The Morgan fingerprint density at radius 2 is 1.96 bits per heavy atom. The summed E-state index contributed by atoms with van der Waals surface area (Å²) in [5, 5.41) is 4.02. The molecule has 0 unspecified atom stereocenters. The van der Waals surface area contributed by atoms with Crippen molar-refractivity contribution in [3.63, 3.8) is 0 Å². The van der Waals surface area contributed by atoms with Crippen molar-refractivity contribution in [1.29, 1.82) is 0 Å². The molecule has 1 amide bonds. The van der Waals surface area contributed by atoms with E-state index in [4.69, 9.17) is 14.2 Å². The molecule has 142 valence electrons. The van der Waals surface area contributed by atoms with E-state index in [2.05, 4.69) is 33.0 Å². The number of hydrogen-bond acceptors (Lipinski definition) is 5. The number of rotatable bonds is 9. The molecule has 2 rings (SSSR count). The SMILES string of the molecule is C=CCOc1ccc(Br)cc1/C=N\NC(=O)c1ccc(OC)c(OCC)c1. The molecule has 0 aromatic heterocycles. The predicted molar refractivity (Wildman–Crippen MR) is 109 cm³/mol. The van der Waals surface area contributed by atoms with Crippen LogP contribution in [0.4, 0.5) is 0 Å². The van der Waals surface area contributed by atoms with Gasteiger partial charge < -0.3 is 14.2 Å². The Morgan fingerprint density at radius 3 is 2.67 bits per heavy atom. The first-order valence-corrected chi connectivity index (χ1v) is 9.05. The number of halogens is 1. The maximum Gasteiger partial charge on any atom is 0.271 e. The molecule has 1 N–H and O–H groups in total. The van der Waals surface area contributed by atoms with Gasteiger partial charge in [0.05, 0.1) is 19.9 Å². The Bertz CT molecular complexity index is 837. The van der Waals surface area contributed by atoms with E-state index < -0.39 is 0 Å². The maximum atomic E-state index is 12.3. The van der Waals surface area contributed by atoms with Gasteiger partial charge in [0.25, 0.3) is 5.91 Å². The third-order valence-corrected chi connectivity index (χ3v) is 3.92. The highest BCUT2D eigenvalue weighted by Gasteiger charge is 2.10. The number of carbonyl (C=O) groups is 1. The van der Waals surface area contributed by atoms with Crippen LogP contribution in [0.2, 0.25) is 0 Å². The predicted octanol–water partition coefficient (Wildman–Crippen LogP) is 4.19.